The van der Waals surface area contributed by atoms with E-state index in [1.54, 1.807) is 6.21 Å². The van der Waals surface area contributed by atoms with Gasteiger partial charge in [0.1, 0.15) is 13.2 Å². The van der Waals surface area contributed by atoms with E-state index in [1.165, 1.54) is 0 Å². The molecule has 1 heterocycles. The number of rotatable bonds is 6. The summed E-state index contributed by atoms with van der Waals surface area (Å²) >= 11 is 0. The summed E-state index contributed by atoms with van der Waals surface area (Å²) in [5.41, 5.74) is 1.10. The third-order valence-corrected chi connectivity index (χ3v) is 4.06. The molecule has 0 saturated heterocycles. The molecular weight excluding hydrogens is 306 g/mol. The molecule has 132 valence electrons. The van der Waals surface area contributed by atoms with Gasteiger partial charge in [-0.2, -0.15) is 0 Å². The minimum absolute atomic E-state index is 0.114. The molecule has 1 N–H and O–H groups in total. The molecule has 1 unspecified atom stereocenters. The van der Waals surface area contributed by atoms with Crippen LogP contribution in [0, 0.1) is 11.3 Å². The summed E-state index contributed by atoms with van der Waals surface area (Å²) in [6.07, 6.45) is 3.01. The highest BCUT2D eigenvalue weighted by molar-refractivity contribution is 5.88. The van der Waals surface area contributed by atoms with Gasteiger partial charge in [0.25, 0.3) is 0 Å². The molecule has 0 bridgehead atoms. The Hall–Kier alpha value is -2.04. The predicted octanol–water partition coefficient (Wildman–Crippen LogP) is 4.12. The van der Waals surface area contributed by atoms with Gasteiger partial charge in [-0.05, 0) is 42.9 Å². The van der Waals surface area contributed by atoms with E-state index < -0.39 is 11.9 Å². The van der Waals surface area contributed by atoms with Crippen LogP contribution < -0.4 is 9.47 Å². The van der Waals surface area contributed by atoms with Gasteiger partial charge in [0.2, 0.25) is 0 Å². The Labute approximate surface area is 143 Å². The maximum atomic E-state index is 11.4. The van der Waals surface area contributed by atoms with Gasteiger partial charge < -0.3 is 14.6 Å². The largest absolute Gasteiger partial charge is 0.486 e. The summed E-state index contributed by atoms with van der Waals surface area (Å²) in [6, 6.07) is 5.61. The fraction of sp³-hybridized carbons (Fsp3) is 0.579. The maximum absolute atomic E-state index is 11.4. The van der Waals surface area contributed by atoms with Gasteiger partial charge in [-0.3, -0.25) is 9.79 Å². The van der Waals surface area contributed by atoms with E-state index in [0.29, 0.717) is 19.6 Å². The lowest BCUT2D eigenvalue weighted by atomic mass is 9.87. The van der Waals surface area contributed by atoms with E-state index in [2.05, 4.69) is 25.8 Å². The zero-order valence-electron chi connectivity index (χ0n) is 14.9. The Balaban J connectivity index is 2.04. The Kier molecular flexibility index (Phi) is 5.86. The van der Waals surface area contributed by atoms with Gasteiger partial charge in [-0.25, -0.2) is 0 Å². The first kappa shape index (κ1) is 18.3. The summed E-state index contributed by atoms with van der Waals surface area (Å²) in [4.78, 5) is 15.9. The summed E-state index contributed by atoms with van der Waals surface area (Å²) in [5.74, 6) is 0.0966. The smallest absolute Gasteiger partial charge is 0.311 e. The van der Waals surface area contributed by atoms with Crippen LogP contribution in [0.2, 0.25) is 0 Å². The summed E-state index contributed by atoms with van der Waals surface area (Å²) in [7, 11) is 0. The Morgan fingerprint density at radius 1 is 1.29 bits per heavy atom. The van der Waals surface area contributed by atoms with Crippen LogP contribution in [0.25, 0.3) is 0 Å². The number of aliphatic imine (C=N–C) groups is 1. The van der Waals surface area contributed by atoms with Gasteiger partial charge in [-0.1, -0.05) is 26.8 Å². The average Bonchev–Trinajstić information content (AvgIpc) is 2.52. The molecule has 1 aromatic carbocycles. The van der Waals surface area contributed by atoms with E-state index in [-0.39, 0.29) is 11.5 Å². The number of aliphatic carboxylic acids is 1. The van der Waals surface area contributed by atoms with Gasteiger partial charge >= 0.3 is 5.97 Å². The number of hydrogen-bond acceptors (Lipinski definition) is 4. The molecule has 1 aromatic rings. The van der Waals surface area contributed by atoms with Gasteiger partial charge in [0, 0.05) is 6.21 Å². The van der Waals surface area contributed by atoms with E-state index in [1.807, 2.05) is 25.1 Å². The standard InChI is InChI=1S/C19H27NO4/c1-13(14-5-6-16-17(11-14)24-10-9-23-16)20-12-15(18(21)22)7-8-19(2,3)4/h5-6,11-13,15H,7-10H2,1-4H3,(H,21,22)/t13-,15?/m0/s1. The normalized spacial score (nSPS) is 16.8. The quantitative estimate of drug-likeness (QED) is 0.795. The molecule has 0 amide bonds. The molecule has 0 aromatic heterocycles. The molecule has 1 aliphatic rings. The number of ether oxygens (including phenoxy) is 2. The van der Waals surface area contributed by atoms with Crippen LogP contribution in [0.4, 0.5) is 0 Å². The molecule has 2 rings (SSSR count). The predicted molar refractivity (Wildman–Crippen MR) is 94.2 cm³/mol. The molecule has 2 atom stereocenters. The number of benzene rings is 1. The molecular formula is C19H27NO4. The lowest BCUT2D eigenvalue weighted by molar-refractivity contribution is -0.139. The van der Waals surface area contributed by atoms with Crippen LogP contribution in [-0.2, 0) is 4.79 Å². The molecule has 0 radical (unpaired) electrons. The van der Waals surface area contributed by atoms with Crippen molar-refractivity contribution in [1.29, 1.82) is 0 Å². The minimum Gasteiger partial charge on any atom is -0.486 e. The number of carboxylic acid groups (broad SMARTS) is 1. The monoisotopic (exact) mass is 333 g/mol. The average molecular weight is 333 g/mol. The lowest BCUT2D eigenvalue weighted by Gasteiger charge is -2.20. The van der Waals surface area contributed by atoms with Crippen molar-refractivity contribution in [2.75, 3.05) is 13.2 Å². The van der Waals surface area contributed by atoms with Crippen molar-refractivity contribution >= 4 is 12.2 Å². The number of hydrogen-bond donors (Lipinski definition) is 1. The SMILES string of the molecule is C[C@H](N=CC(CCC(C)(C)C)C(=O)O)c1ccc2c(c1)OCCO2. The van der Waals surface area contributed by atoms with Crippen LogP contribution in [0.3, 0.4) is 0 Å². The second kappa shape index (κ2) is 7.69. The van der Waals surface area contributed by atoms with Crippen LogP contribution in [0.15, 0.2) is 23.2 Å². The Bertz CT molecular complexity index is 604. The second-order valence-electron chi connectivity index (χ2n) is 7.42. The lowest BCUT2D eigenvalue weighted by Crippen LogP contribution is -2.18. The highest BCUT2D eigenvalue weighted by Crippen LogP contribution is 2.33. The Morgan fingerprint density at radius 2 is 1.96 bits per heavy atom. The van der Waals surface area contributed by atoms with Crippen molar-refractivity contribution in [3.8, 4) is 11.5 Å². The summed E-state index contributed by atoms with van der Waals surface area (Å²) in [5, 5.41) is 9.38. The fourth-order valence-electron chi connectivity index (χ4n) is 2.49. The molecule has 0 fully saturated rings. The molecule has 1 aliphatic heterocycles. The summed E-state index contributed by atoms with van der Waals surface area (Å²) < 4.78 is 11.1. The first-order chi connectivity index (χ1) is 11.3. The first-order valence-electron chi connectivity index (χ1n) is 8.42. The number of fused-ring (bicyclic) bond motifs is 1. The van der Waals surface area contributed by atoms with Gasteiger partial charge in [0.05, 0.1) is 12.0 Å². The van der Waals surface area contributed by atoms with Crippen LogP contribution >= 0.6 is 0 Å². The van der Waals surface area contributed by atoms with Crippen molar-refractivity contribution in [2.45, 2.75) is 46.6 Å². The van der Waals surface area contributed by atoms with E-state index in [9.17, 15) is 9.90 Å². The number of carboxylic acids is 1. The van der Waals surface area contributed by atoms with Crippen LogP contribution in [0.5, 0.6) is 11.5 Å². The van der Waals surface area contributed by atoms with Crippen molar-refractivity contribution < 1.29 is 19.4 Å². The van der Waals surface area contributed by atoms with Crippen molar-refractivity contribution in [3.63, 3.8) is 0 Å². The zero-order valence-corrected chi connectivity index (χ0v) is 14.9. The molecule has 0 aliphatic carbocycles. The fourth-order valence-corrected chi connectivity index (χ4v) is 2.49. The third-order valence-electron chi connectivity index (χ3n) is 4.06. The number of carbonyl (C=O) groups is 1. The number of nitrogens with zero attached hydrogens (tertiary/aromatic N) is 1. The second-order valence-corrected chi connectivity index (χ2v) is 7.42. The van der Waals surface area contributed by atoms with Crippen LogP contribution in [0.1, 0.15) is 52.1 Å². The highest BCUT2D eigenvalue weighted by atomic mass is 16.6. The molecule has 24 heavy (non-hydrogen) atoms. The topological polar surface area (TPSA) is 68.1 Å². The Morgan fingerprint density at radius 3 is 2.58 bits per heavy atom. The van der Waals surface area contributed by atoms with Gasteiger partial charge in [-0.15, -0.1) is 0 Å². The minimum atomic E-state index is -0.822. The van der Waals surface area contributed by atoms with Crippen molar-refractivity contribution in [1.82, 2.24) is 0 Å². The van der Waals surface area contributed by atoms with Gasteiger partial charge in [0.15, 0.2) is 11.5 Å². The molecule has 5 heteroatoms. The van der Waals surface area contributed by atoms with E-state index >= 15 is 0 Å². The highest BCUT2D eigenvalue weighted by Gasteiger charge is 2.20. The zero-order chi connectivity index (χ0) is 17.7. The first-order valence-corrected chi connectivity index (χ1v) is 8.42. The molecule has 0 spiro atoms. The maximum Gasteiger partial charge on any atom is 0.311 e. The van der Waals surface area contributed by atoms with E-state index in [0.717, 1.165) is 23.5 Å². The van der Waals surface area contributed by atoms with Crippen molar-refractivity contribution in [2.24, 2.45) is 16.3 Å². The summed E-state index contributed by atoms with van der Waals surface area (Å²) in [6.45, 7) is 9.39. The van der Waals surface area contributed by atoms with E-state index in [4.69, 9.17) is 9.47 Å². The van der Waals surface area contributed by atoms with Crippen molar-refractivity contribution in [3.05, 3.63) is 23.8 Å². The van der Waals surface area contributed by atoms with Crippen LogP contribution in [-0.4, -0.2) is 30.5 Å². The molecule has 5 nitrogen and oxygen atoms in total. The molecule has 0 saturated carbocycles. The third kappa shape index (κ3) is 5.25.